The van der Waals surface area contributed by atoms with E-state index < -0.39 is 17.6 Å². The number of amides is 1. The van der Waals surface area contributed by atoms with E-state index in [4.69, 9.17) is 5.21 Å². The summed E-state index contributed by atoms with van der Waals surface area (Å²) in [5.74, 6) is -0.235. The average molecular weight is 379 g/mol. The van der Waals surface area contributed by atoms with Crippen LogP contribution in [0, 0.1) is 0 Å². The average Bonchev–Trinajstić information content (AvgIpc) is 3.28. The van der Waals surface area contributed by atoms with Crippen LogP contribution >= 0.6 is 0 Å². The van der Waals surface area contributed by atoms with E-state index in [0.29, 0.717) is 24.7 Å². The van der Waals surface area contributed by atoms with E-state index in [2.05, 4.69) is 9.97 Å². The van der Waals surface area contributed by atoms with Gasteiger partial charge < -0.3 is 9.80 Å². The molecule has 1 aromatic carbocycles. The third kappa shape index (κ3) is 3.16. The Balaban J connectivity index is 1.49. The van der Waals surface area contributed by atoms with Crippen LogP contribution in [0.3, 0.4) is 0 Å². The standard InChI is InChI=1S/C17H16F3N5O2/c18-17(19,20)11-2-1-3-12(4-11)24-8-14-5-13(24)9-25(14)16-21-6-10(7-22-16)15(26)23-27/h1-4,6-7,13-14,27H,5,8-9H2,(H,23,26)/t13-,14?/m0/s1. The van der Waals surface area contributed by atoms with Gasteiger partial charge in [0.05, 0.1) is 17.2 Å². The molecule has 2 aliphatic heterocycles. The molecule has 2 saturated heterocycles. The zero-order valence-electron chi connectivity index (χ0n) is 14.0. The van der Waals surface area contributed by atoms with Crippen molar-refractivity contribution in [2.24, 2.45) is 0 Å². The number of nitrogens with one attached hydrogen (secondary N) is 1. The molecule has 0 saturated carbocycles. The zero-order chi connectivity index (χ0) is 19.2. The quantitative estimate of drug-likeness (QED) is 0.628. The lowest BCUT2D eigenvalue weighted by Gasteiger charge is -2.35. The van der Waals surface area contributed by atoms with Crippen LogP contribution in [0.15, 0.2) is 36.7 Å². The molecule has 1 unspecified atom stereocenters. The van der Waals surface area contributed by atoms with Gasteiger partial charge in [0.2, 0.25) is 5.95 Å². The Kier molecular flexibility index (Phi) is 4.14. The highest BCUT2D eigenvalue weighted by molar-refractivity contribution is 5.92. The molecule has 27 heavy (non-hydrogen) atoms. The van der Waals surface area contributed by atoms with E-state index in [1.165, 1.54) is 30.0 Å². The number of nitrogens with zero attached hydrogens (tertiary/aromatic N) is 4. The summed E-state index contributed by atoms with van der Waals surface area (Å²) in [6.45, 7) is 1.17. The summed E-state index contributed by atoms with van der Waals surface area (Å²) in [6.07, 6.45) is -0.912. The molecule has 0 radical (unpaired) electrons. The summed E-state index contributed by atoms with van der Waals surface area (Å²) in [5.41, 5.74) is 1.56. The monoisotopic (exact) mass is 379 g/mol. The minimum Gasteiger partial charge on any atom is -0.365 e. The van der Waals surface area contributed by atoms with Crippen LogP contribution in [0.4, 0.5) is 24.8 Å². The predicted molar refractivity (Wildman–Crippen MR) is 89.6 cm³/mol. The molecule has 2 atom stereocenters. The molecular weight excluding hydrogens is 363 g/mol. The second kappa shape index (κ2) is 6.38. The van der Waals surface area contributed by atoms with Gasteiger partial charge in [-0.1, -0.05) is 6.07 Å². The van der Waals surface area contributed by atoms with Crippen LogP contribution in [0.25, 0.3) is 0 Å². The molecule has 142 valence electrons. The number of aromatic nitrogens is 2. The van der Waals surface area contributed by atoms with Gasteiger partial charge in [0.25, 0.3) is 5.91 Å². The van der Waals surface area contributed by atoms with Crippen molar-refractivity contribution in [2.75, 3.05) is 22.9 Å². The van der Waals surface area contributed by atoms with Gasteiger partial charge in [-0.05, 0) is 24.6 Å². The molecule has 7 nitrogen and oxygen atoms in total. The lowest BCUT2D eigenvalue weighted by atomic mass is 10.1. The lowest BCUT2D eigenvalue weighted by molar-refractivity contribution is -0.137. The van der Waals surface area contributed by atoms with Gasteiger partial charge in [-0.25, -0.2) is 15.4 Å². The van der Waals surface area contributed by atoms with Crippen molar-refractivity contribution in [1.82, 2.24) is 15.4 Å². The Morgan fingerprint density at radius 2 is 1.81 bits per heavy atom. The van der Waals surface area contributed by atoms with E-state index in [9.17, 15) is 18.0 Å². The molecule has 2 aromatic rings. The molecule has 3 heterocycles. The number of hydrogen-bond acceptors (Lipinski definition) is 6. The Morgan fingerprint density at radius 3 is 2.41 bits per heavy atom. The van der Waals surface area contributed by atoms with Crippen LogP contribution in [-0.4, -0.2) is 46.3 Å². The summed E-state index contributed by atoms with van der Waals surface area (Å²) in [5, 5.41) is 8.62. The van der Waals surface area contributed by atoms with Gasteiger partial charge in [0.15, 0.2) is 0 Å². The first-order chi connectivity index (χ1) is 12.9. The molecule has 2 bridgehead atoms. The fraction of sp³-hybridized carbons (Fsp3) is 0.353. The zero-order valence-corrected chi connectivity index (χ0v) is 14.0. The SMILES string of the molecule is O=C(NO)c1cnc(N2C[C@@H]3CC2CN3c2cccc(C(F)(F)F)c2)nc1. The van der Waals surface area contributed by atoms with Crippen LogP contribution in [0.2, 0.25) is 0 Å². The largest absolute Gasteiger partial charge is 0.416 e. The van der Waals surface area contributed by atoms with Gasteiger partial charge in [-0.3, -0.25) is 10.0 Å². The number of fused-ring (bicyclic) bond motifs is 2. The molecule has 2 N–H and O–H groups in total. The van der Waals surface area contributed by atoms with Gasteiger partial charge in [-0.15, -0.1) is 0 Å². The minimum atomic E-state index is -4.36. The van der Waals surface area contributed by atoms with Crippen molar-refractivity contribution in [2.45, 2.75) is 24.7 Å². The maximum atomic E-state index is 13.0. The summed E-state index contributed by atoms with van der Waals surface area (Å²) >= 11 is 0. The van der Waals surface area contributed by atoms with Crippen molar-refractivity contribution in [1.29, 1.82) is 0 Å². The maximum absolute atomic E-state index is 13.0. The third-order valence-corrected chi connectivity index (χ3v) is 5.00. The van der Waals surface area contributed by atoms with Crippen LogP contribution < -0.4 is 15.3 Å². The highest BCUT2D eigenvalue weighted by Crippen LogP contribution is 2.38. The molecule has 2 aliphatic rings. The first kappa shape index (κ1) is 17.5. The Hall–Kier alpha value is -2.88. The van der Waals surface area contributed by atoms with Crippen molar-refractivity contribution < 1.29 is 23.2 Å². The maximum Gasteiger partial charge on any atom is 0.416 e. The highest BCUT2D eigenvalue weighted by atomic mass is 19.4. The predicted octanol–water partition coefficient (Wildman–Crippen LogP) is 2.08. The smallest absolute Gasteiger partial charge is 0.365 e. The first-order valence-corrected chi connectivity index (χ1v) is 8.34. The number of halogens is 3. The molecule has 4 rings (SSSR count). The number of alkyl halides is 3. The van der Waals surface area contributed by atoms with Crippen molar-refractivity contribution in [3.05, 3.63) is 47.8 Å². The molecule has 0 spiro atoms. The number of rotatable bonds is 3. The van der Waals surface area contributed by atoms with Gasteiger partial charge in [0.1, 0.15) is 0 Å². The van der Waals surface area contributed by atoms with E-state index in [-0.39, 0.29) is 17.6 Å². The number of carbonyl (C=O) groups is 1. The fourth-order valence-electron chi connectivity index (χ4n) is 3.74. The molecule has 0 aliphatic carbocycles. The number of benzene rings is 1. The van der Waals surface area contributed by atoms with Crippen molar-refractivity contribution >= 4 is 17.5 Å². The highest BCUT2D eigenvalue weighted by Gasteiger charge is 2.44. The lowest BCUT2D eigenvalue weighted by Crippen LogP contribution is -2.47. The Labute approximate surface area is 152 Å². The summed E-state index contributed by atoms with van der Waals surface area (Å²) < 4.78 is 38.9. The summed E-state index contributed by atoms with van der Waals surface area (Å²) in [4.78, 5) is 23.7. The van der Waals surface area contributed by atoms with Crippen molar-refractivity contribution in [3.8, 4) is 0 Å². The van der Waals surface area contributed by atoms with E-state index in [1.807, 2.05) is 9.80 Å². The van der Waals surface area contributed by atoms with Gasteiger partial charge >= 0.3 is 6.18 Å². The number of hydroxylamine groups is 1. The van der Waals surface area contributed by atoms with Gasteiger partial charge in [-0.2, -0.15) is 13.2 Å². The third-order valence-electron chi connectivity index (χ3n) is 5.00. The van der Waals surface area contributed by atoms with Crippen LogP contribution in [0.5, 0.6) is 0 Å². The molecule has 10 heteroatoms. The normalized spacial score (nSPS) is 21.6. The molecule has 2 fully saturated rings. The van der Waals surface area contributed by atoms with E-state index in [0.717, 1.165) is 12.5 Å². The second-order valence-corrected chi connectivity index (χ2v) is 6.61. The molecule has 1 amide bonds. The summed E-state index contributed by atoms with van der Waals surface area (Å²) in [7, 11) is 0. The van der Waals surface area contributed by atoms with Crippen LogP contribution in [-0.2, 0) is 6.18 Å². The number of piperazine rings is 1. The number of carbonyl (C=O) groups excluding carboxylic acids is 1. The molecule has 1 aromatic heterocycles. The number of hydrogen-bond donors (Lipinski definition) is 2. The second-order valence-electron chi connectivity index (χ2n) is 6.61. The Bertz CT molecular complexity index is 858. The van der Waals surface area contributed by atoms with E-state index >= 15 is 0 Å². The summed E-state index contributed by atoms with van der Waals surface area (Å²) in [6, 6.07) is 5.53. The van der Waals surface area contributed by atoms with E-state index in [1.54, 1.807) is 6.07 Å². The van der Waals surface area contributed by atoms with Gasteiger partial charge in [0, 0.05) is 37.2 Å². The van der Waals surface area contributed by atoms with Crippen LogP contribution in [0.1, 0.15) is 22.3 Å². The first-order valence-electron chi connectivity index (χ1n) is 8.34. The topological polar surface area (TPSA) is 81.6 Å². The Morgan fingerprint density at radius 1 is 1.15 bits per heavy atom. The minimum absolute atomic E-state index is 0.0718. The fourth-order valence-corrected chi connectivity index (χ4v) is 3.74. The van der Waals surface area contributed by atoms with Crippen molar-refractivity contribution in [3.63, 3.8) is 0 Å². The molecular formula is C17H16F3N5O2. The number of anilines is 2.